The van der Waals surface area contributed by atoms with Crippen molar-refractivity contribution in [1.29, 1.82) is 0 Å². The monoisotopic (exact) mass is 281 g/mol. The van der Waals surface area contributed by atoms with E-state index in [1.807, 2.05) is 4.90 Å². The molecule has 0 radical (unpaired) electrons. The van der Waals surface area contributed by atoms with E-state index in [-0.39, 0.29) is 12.5 Å². The smallest absolute Gasteiger partial charge is 0.310 e. The van der Waals surface area contributed by atoms with E-state index >= 15 is 0 Å². The number of rotatable bonds is 4. The molecule has 1 aliphatic rings. The van der Waals surface area contributed by atoms with Crippen LogP contribution in [-0.4, -0.2) is 46.7 Å². The molecule has 0 bridgehead atoms. The lowest BCUT2D eigenvalue weighted by molar-refractivity contribution is -0.151. The van der Waals surface area contributed by atoms with Gasteiger partial charge in [0.1, 0.15) is 5.76 Å². The fourth-order valence-corrected chi connectivity index (χ4v) is 2.46. The number of anilines is 1. The van der Waals surface area contributed by atoms with Crippen molar-refractivity contribution in [3.05, 3.63) is 11.8 Å². The molecule has 2 rings (SSSR count). The third-order valence-electron chi connectivity index (χ3n) is 3.55. The second-order valence-electron chi connectivity index (χ2n) is 5.55. The number of carboxylic acid groups (broad SMARTS) is 1. The van der Waals surface area contributed by atoms with Crippen molar-refractivity contribution in [1.82, 2.24) is 10.1 Å². The van der Waals surface area contributed by atoms with Crippen LogP contribution in [0.4, 0.5) is 5.82 Å². The Morgan fingerprint density at radius 1 is 1.60 bits per heavy atom. The zero-order valence-corrected chi connectivity index (χ0v) is 11.7. The molecular formula is C13H19N3O4. The SMILES string of the molecule is Cc1cc(NC(=O)CN2CCCC(C)(C(=O)O)C2)no1. The largest absolute Gasteiger partial charge is 0.481 e. The van der Waals surface area contributed by atoms with Gasteiger partial charge in [0.2, 0.25) is 5.91 Å². The summed E-state index contributed by atoms with van der Waals surface area (Å²) in [5, 5.41) is 15.6. The maximum atomic E-state index is 11.9. The van der Waals surface area contributed by atoms with Crippen LogP contribution in [0.3, 0.4) is 0 Å². The number of carboxylic acids is 1. The molecular weight excluding hydrogens is 262 g/mol. The quantitative estimate of drug-likeness (QED) is 0.858. The predicted octanol–water partition coefficient (Wildman–Crippen LogP) is 1.11. The Bertz CT molecular complexity index is 513. The van der Waals surface area contributed by atoms with Crippen molar-refractivity contribution >= 4 is 17.7 Å². The van der Waals surface area contributed by atoms with Gasteiger partial charge in [-0.15, -0.1) is 0 Å². The van der Waals surface area contributed by atoms with Gasteiger partial charge in [0, 0.05) is 12.6 Å². The Morgan fingerprint density at radius 2 is 2.35 bits per heavy atom. The summed E-state index contributed by atoms with van der Waals surface area (Å²) in [6.07, 6.45) is 1.42. The normalized spacial score (nSPS) is 23.5. The van der Waals surface area contributed by atoms with Crippen LogP contribution in [0.25, 0.3) is 0 Å². The highest BCUT2D eigenvalue weighted by atomic mass is 16.5. The maximum Gasteiger partial charge on any atom is 0.310 e. The van der Waals surface area contributed by atoms with Gasteiger partial charge in [0.05, 0.1) is 12.0 Å². The zero-order valence-electron chi connectivity index (χ0n) is 11.7. The zero-order chi connectivity index (χ0) is 14.8. The Labute approximate surface area is 116 Å². The standard InChI is InChI=1S/C13H19N3O4/c1-9-6-10(15-20-9)14-11(17)7-16-5-3-4-13(2,8-16)12(18)19/h6H,3-5,7-8H2,1-2H3,(H,18,19)(H,14,15,17). The first-order chi connectivity index (χ1) is 9.39. The van der Waals surface area contributed by atoms with E-state index in [4.69, 9.17) is 4.52 Å². The van der Waals surface area contributed by atoms with Gasteiger partial charge in [0.25, 0.3) is 0 Å². The van der Waals surface area contributed by atoms with Crippen LogP contribution in [0.1, 0.15) is 25.5 Å². The molecule has 2 heterocycles. The van der Waals surface area contributed by atoms with Crippen molar-refractivity contribution in [2.75, 3.05) is 25.0 Å². The van der Waals surface area contributed by atoms with Crippen LogP contribution >= 0.6 is 0 Å². The highest BCUT2D eigenvalue weighted by Gasteiger charge is 2.38. The highest BCUT2D eigenvalue weighted by Crippen LogP contribution is 2.29. The molecule has 1 fully saturated rings. The number of nitrogens with zero attached hydrogens (tertiary/aromatic N) is 2. The van der Waals surface area contributed by atoms with Crippen LogP contribution < -0.4 is 5.32 Å². The third kappa shape index (κ3) is 3.36. The third-order valence-corrected chi connectivity index (χ3v) is 3.55. The lowest BCUT2D eigenvalue weighted by atomic mass is 9.82. The summed E-state index contributed by atoms with van der Waals surface area (Å²) in [7, 11) is 0. The lowest BCUT2D eigenvalue weighted by Gasteiger charge is -2.36. The van der Waals surface area contributed by atoms with E-state index in [1.165, 1.54) is 0 Å². The van der Waals surface area contributed by atoms with E-state index in [2.05, 4.69) is 10.5 Å². The number of aromatic nitrogens is 1. The van der Waals surface area contributed by atoms with Crippen LogP contribution in [0.2, 0.25) is 0 Å². The number of carbonyl (C=O) groups is 2. The first kappa shape index (κ1) is 14.5. The number of hydrogen-bond acceptors (Lipinski definition) is 5. The number of piperidine rings is 1. The molecule has 1 saturated heterocycles. The Balaban J connectivity index is 1.89. The second-order valence-corrected chi connectivity index (χ2v) is 5.55. The van der Waals surface area contributed by atoms with Gasteiger partial charge in [-0.2, -0.15) is 0 Å². The van der Waals surface area contributed by atoms with E-state index in [0.717, 1.165) is 13.0 Å². The number of likely N-dealkylation sites (tertiary alicyclic amines) is 1. The van der Waals surface area contributed by atoms with Gasteiger partial charge < -0.3 is 14.9 Å². The van der Waals surface area contributed by atoms with Crippen LogP contribution in [0, 0.1) is 12.3 Å². The number of aryl methyl sites for hydroxylation is 1. The Hall–Kier alpha value is -1.89. The molecule has 1 aromatic heterocycles. The van der Waals surface area contributed by atoms with Crippen molar-refractivity contribution in [3.8, 4) is 0 Å². The highest BCUT2D eigenvalue weighted by molar-refractivity contribution is 5.91. The van der Waals surface area contributed by atoms with Crippen molar-refractivity contribution in [2.45, 2.75) is 26.7 Å². The summed E-state index contributed by atoms with van der Waals surface area (Å²) in [6.45, 7) is 4.74. The first-order valence-corrected chi connectivity index (χ1v) is 6.58. The van der Waals surface area contributed by atoms with Gasteiger partial charge in [0.15, 0.2) is 5.82 Å². The van der Waals surface area contributed by atoms with Gasteiger partial charge >= 0.3 is 5.97 Å². The summed E-state index contributed by atoms with van der Waals surface area (Å²) < 4.78 is 4.86. The molecule has 2 N–H and O–H groups in total. The topological polar surface area (TPSA) is 95.7 Å². The minimum atomic E-state index is -0.810. The van der Waals surface area contributed by atoms with Crippen LogP contribution in [0.5, 0.6) is 0 Å². The molecule has 1 unspecified atom stereocenters. The van der Waals surface area contributed by atoms with E-state index in [9.17, 15) is 14.7 Å². The minimum Gasteiger partial charge on any atom is -0.481 e. The number of aliphatic carboxylic acids is 1. The molecule has 7 nitrogen and oxygen atoms in total. The minimum absolute atomic E-state index is 0.161. The van der Waals surface area contributed by atoms with E-state index in [1.54, 1.807) is 19.9 Å². The van der Waals surface area contributed by atoms with Gasteiger partial charge in [-0.05, 0) is 33.2 Å². The molecule has 1 aliphatic heterocycles. The summed E-state index contributed by atoms with van der Waals surface area (Å²) in [5.41, 5.74) is -0.775. The van der Waals surface area contributed by atoms with E-state index in [0.29, 0.717) is 24.5 Å². The fraction of sp³-hybridized carbons (Fsp3) is 0.615. The van der Waals surface area contributed by atoms with Crippen molar-refractivity contribution < 1.29 is 19.2 Å². The van der Waals surface area contributed by atoms with Gasteiger partial charge in [-0.3, -0.25) is 14.5 Å². The lowest BCUT2D eigenvalue weighted by Crippen LogP contribution is -2.48. The Morgan fingerprint density at radius 3 is 2.95 bits per heavy atom. The molecule has 110 valence electrons. The molecule has 7 heteroatoms. The maximum absolute atomic E-state index is 11.9. The summed E-state index contributed by atoms with van der Waals surface area (Å²) in [4.78, 5) is 25.0. The average molecular weight is 281 g/mol. The molecule has 0 aliphatic carbocycles. The predicted molar refractivity (Wildman–Crippen MR) is 71.3 cm³/mol. The number of carbonyl (C=O) groups excluding carboxylic acids is 1. The molecule has 1 aromatic rings. The first-order valence-electron chi connectivity index (χ1n) is 6.58. The fourth-order valence-electron chi connectivity index (χ4n) is 2.46. The molecule has 0 aromatic carbocycles. The van der Waals surface area contributed by atoms with E-state index < -0.39 is 11.4 Å². The number of hydrogen-bond donors (Lipinski definition) is 2. The van der Waals surface area contributed by atoms with Crippen molar-refractivity contribution in [2.24, 2.45) is 5.41 Å². The van der Waals surface area contributed by atoms with Gasteiger partial charge in [-0.25, -0.2) is 0 Å². The average Bonchev–Trinajstić information content (AvgIpc) is 2.74. The molecule has 1 atom stereocenters. The number of amides is 1. The molecule has 0 saturated carbocycles. The molecule has 20 heavy (non-hydrogen) atoms. The summed E-state index contributed by atoms with van der Waals surface area (Å²) in [5.74, 6) is -0.0232. The number of nitrogens with one attached hydrogen (secondary N) is 1. The van der Waals surface area contributed by atoms with Gasteiger partial charge in [-0.1, -0.05) is 5.16 Å². The summed E-state index contributed by atoms with van der Waals surface area (Å²) >= 11 is 0. The Kier molecular flexibility index (Phi) is 4.08. The summed E-state index contributed by atoms with van der Waals surface area (Å²) in [6, 6.07) is 1.63. The molecule has 1 amide bonds. The second kappa shape index (κ2) is 5.62. The van der Waals surface area contributed by atoms with Crippen molar-refractivity contribution in [3.63, 3.8) is 0 Å². The van der Waals surface area contributed by atoms with Crippen LogP contribution in [0.15, 0.2) is 10.6 Å². The molecule has 0 spiro atoms. The van der Waals surface area contributed by atoms with Crippen LogP contribution in [-0.2, 0) is 9.59 Å².